The third-order valence-corrected chi connectivity index (χ3v) is 6.98. The SMILES string of the molecule is Cc1cc(C=Nn2c(C3CCCCC3)nc3ccc(Br)cc3c2=O)c(C)n1-c1cccnc1. The largest absolute Gasteiger partial charge is 0.316 e. The zero-order chi connectivity index (χ0) is 22.9. The summed E-state index contributed by atoms with van der Waals surface area (Å²) in [5.74, 6) is 1.02. The molecule has 0 spiro atoms. The average Bonchev–Trinajstić information content (AvgIpc) is 3.12. The van der Waals surface area contributed by atoms with Crippen LogP contribution in [0.5, 0.6) is 0 Å². The molecule has 3 heterocycles. The maximum atomic E-state index is 13.5. The Hall–Kier alpha value is -3.06. The Morgan fingerprint density at radius 3 is 2.70 bits per heavy atom. The molecule has 0 unspecified atom stereocenters. The van der Waals surface area contributed by atoms with Crippen molar-refractivity contribution in [1.82, 2.24) is 19.2 Å². The number of fused-ring (bicyclic) bond motifs is 1. The third-order valence-electron chi connectivity index (χ3n) is 6.49. The summed E-state index contributed by atoms with van der Waals surface area (Å²) >= 11 is 3.48. The number of halogens is 1. The summed E-state index contributed by atoms with van der Waals surface area (Å²) in [4.78, 5) is 22.7. The highest BCUT2D eigenvalue weighted by Gasteiger charge is 2.22. The summed E-state index contributed by atoms with van der Waals surface area (Å²) in [7, 11) is 0. The quantitative estimate of drug-likeness (QED) is 0.326. The van der Waals surface area contributed by atoms with Crippen LogP contribution in [0.4, 0.5) is 0 Å². The Labute approximate surface area is 201 Å². The molecule has 1 aliphatic rings. The number of aromatic nitrogens is 4. The molecule has 3 aromatic heterocycles. The van der Waals surface area contributed by atoms with Gasteiger partial charge in [-0.2, -0.15) is 9.78 Å². The Balaban J connectivity index is 1.63. The Morgan fingerprint density at radius 2 is 1.94 bits per heavy atom. The van der Waals surface area contributed by atoms with Crippen molar-refractivity contribution in [1.29, 1.82) is 0 Å². The minimum Gasteiger partial charge on any atom is -0.316 e. The van der Waals surface area contributed by atoms with Crippen molar-refractivity contribution in [2.24, 2.45) is 5.10 Å². The van der Waals surface area contributed by atoms with E-state index in [0.29, 0.717) is 5.39 Å². The fraction of sp³-hybridized carbons (Fsp3) is 0.308. The van der Waals surface area contributed by atoms with Gasteiger partial charge in [-0.25, -0.2) is 4.98 Å². The molecule has 0 N–H and O–H groups in total. The van der Waals surface area contributed by atoms with Crippen molar-refractivity contribution >= 4 is 33.0 Å². The van der Waals surface area contributed by atoms with E-state index in [9.17, 15) is 4.79 Å². The molecule has 0 saturated heterocycles. The predicted octanol–water partition coefficient (Wildman–Crippen LogP) is 5.89. The van der Waals surface area contributed by atoms with Gasteiger partial charge in [0.2, 0.25) is 0 Å². The van der Waals surface area contributed by atoms with Crippen molar-refractivity contribution in [2.75, 3.05) is 0 Å². The lowest BCUT2D eigenvalue weighted by Crippen LogP contribution is -2.25. The second-order valence-electron chi connectivity index (χ2n) is 8.70. The fourth-order valence-electron chi connectivity index (χ4n) is 4.82. The van der Waals surface area contributed by atoms with Crippen molar-refractivity contribution in [3.63, 3.8) is 0 Å². The van der Waals surface area contributed by atoms with Gasteiger partial charge < -0.3 is 4.57 Å². The maximum absolute atomic E-state index is 13.5. The molecule has 0 amide bonds. The molecule has 0 atom stereocenters. The fourth-order valence-corrected chi connectivity index (χ4v) is 5.19. The summed E-state index contributed by atoms with van der Waals surface area (Å²) in [6, 6.07) is 11.7. The van der Waals surface area contributed by atoms with Crippen LogP contribution in [0.25, 0.3) is 16.6 Å². The molecule has 0 radical (unpaired) electrons. The highest BCUT2D eigenvalue weighted by Crippen LogP contribution is 2.32. The first-order valence-electron chi connectivity index (χ1n) is 11.4. The summed E-state index contributed by atoms with van der Waals surface area (Å²) < 4.78 is 4.53. The highest BCUT2D eigenvalue weighted by molar-refractivity contribution is 9.10. The van der Waals surface area contributed by atoms with Gasteiger partial charge in [-0.3, -0.25) is 9.78 Å². The monoisotopic (exact) mass is 503 g/mol. The summed E-state index contributed by atoms with van der Waals surface area (Å²) in [6.45, 7) is 4.12. The predicted molar refractivity (Wildman–Crippen MR) is 136 cm³/mol. The van der Waals surface area contributed by atoms with Crippen LogP contribution in [-0.4, -0.2) is 25.4 Å². The molecule has 1 saturated carbocycles. The van der Waals surface area contributed by atoms with E-state index in [1.165, 1.54) is 11.1 Å². The number of rotatable bonds is 4. The van der Waals surface area contributed by atoms with Gasteiger partial charge >= 0.3 is 0 Å². The highest BCUT2D eigenvalue weighted by atomic mass is 79.9. The Kier molecular flexibility index (Phi) is 5.98. The van der Waals surface area contributed by atoms with E-state index in [1.54, 1.807) is 12.4 Å². The molecule has 6 nitrogen and oxygen atoms in total. The van der Waals surface area contributed by atoms with Crippen LogP contribution in [0, 0.1) is 13.8 Å². The maximum Gasteiger partial charge on any atom is 0.282 e. The molecule has 168 valence electrons. The normalized spacial score (nSPS) is 15.0. The van der Waals surface area contributed by atoms with Gasteiger partial charge in [-0.15, -0.1) is 0 Å². The number of pyridine rings is 1. The first kappa shape index (κ1) is 21.8. The van der Waals surface area contributed by atoms with Gasteiger partial charge in [0.15, 0.2) is 0 Å². The van der Waals surface area contributed by atoms with E-state index in [1.807, 2.05) is 36.5 Å². The second kappa shape index (κ2) is 9.06. The van der Waals surface area contributed by atoms with Gasteiger partial charge in [-0.05, 0) is 63.1 Å². The smallest absolute Gasteiger partial charge is 0.282 e. The first-order valence-corrected chi connectivity index (χ1v) is 12.2. The van der Waals surface area contributed by atoms with Gasteiger partial charge in [0, 0.05) is 33.5 Å². The van der Waals surface area contributed by atoms with Gasteiger partial charge in [0.25, 0.3) is 5.56 Å². The number of aryl methyl sites for hydroxylation is 1. The van der Waals surface area contributed by atoms with Crippen LogP contribution < -0.4 is 5.56 Å². The lowest BCUT2D eigenvalue weighted by atomic mass is 9.88. The van der Waals surface area contributed by atoms with Crippen LogP contribution in [0.15, 0.2) is 63.2 Å². The third kappa shape index (κ3) is 4.17. The van der Waals surface area contributed by atoms with E-state index in [2.05, 4.69) is 45.4 Å². The molecule has 1 fully saturated rings. The Morgan fingerprint density at radius 1 is 1.12 bits per heavy atom. The van der Waals surface area contributed by atoms with E-state index in [-0.39, 0.29) is 11.5 Å². The number of nitrogens with zero attached hydrogens (tertiary/aromatic N) is 5. The van der Waals surface area contributed by atoms with E-state index in [0.717, 1.165) is 64.1 Å². The summed E-state index contributed by atoms with van der Waals surface area (Å²) in [6.07, 6.45) is 11.0. The zero-order valence-corrected chi connectivity index (χ0v) is 20.4. The molecule has 1 aliphatic carbocycles. The number of hydrogen-bond donors (Lipinski definition) is 0. The molecular formula is C26H26BrN5O. The summed E-state index contributed by atoms with van der Waals surface area (Å²) in [5, 5.41) is 5.28. The van der Waals surface area contributed by atoms with E-state index < -0.39 is 0 Å². The van der Waals surface area contributed by atoms with Crippen LogP contribution in [0.2, 0.25) is 0 Å². The average molecular weight is 504 g/mol. The van der Waals surface area contributed by atoms with Crippen molar-refractivity contribution in [3.8, 4) is 5.69 Å². The van der Waals surface area contributed by atoms with E-state index >= 15 is 0 Å². The second-order valence-corrected chi connectivity index (χ2v) is 9.62. The minimum atomic E-state index is -0.126. The van der Waals surface area contributed by atoms with Gasteiger partial charge in [-0.1, -0.05) is 35.2 Å². The molecule has 0 aliphatic heterocycles. The number of hydrogen-bond acceptors (Lipinski definition) is 4. The van der Waals surface area contributed by atoms with Crippen LogP contribution in [-0.2, 0) is 0 Å². The van der Waals surface area contributed by atoms with Crippen LogP contribution in [0.3, 0.4) is 0 Å². The lowest BCUT2D eigenvalue weighted by molar-refractivity contribution is 0.416. The van der Waals surface area contributed by atoms with Crippen LogP contribution >= 0.6 is 15.9 Å². The molecule has 5 rings (SSSR count). The summed E-state index contributed by atoms with van der Waals surface area (Å²) in [5.41, 5.74) is 4.70. The van der Waals surface area contributed by atoms with Crippen molar-refractivity contribution in [2.45, 2.75) is 51.9 Å². The Bertz CT molecular complexity index is 1400. The van der Waals surface area contributed by atoms with Crippen molar-refractivity contribution in [3.05, 3.63) is 86.4 Å². The molecule has 33 heavy (non-hydrogen) atoms. The molecular weight excluding hydrogens is 478 g/mol. The van der Waals surface area contributed by atoms with Crippen molar-refractivity contribution < 1.29 is 0 Å². The first-order chi connectivity index (χ1) is 16.0. The molecule has 1 aromatic carbocycles. The zero-order valence-electron chi connectivity index (χ0n) is 18.8. The lowest BCUT2D eigenvalue weighted by Gasteiger charge is -2.22. The van der Waals surface area contributed by atoms with Crippen LogP contribution in [0.1, 0.15) is 60.8 Å². The number of benzene rings is 1. The van der Waals surface area contributed by atoms with Gasteiger partial charge in [0.1, 0.15) is 5.82 Å². The molecule has 7 heteroatoms. The van der Waals surface area contributed by atoms with Gasteiger partial charge in [0.05, 0.1) is 29.0 Å². The minimum absolute atomic E-state index is 0.126. The molecule has 0 bridgehead atoms. The van der Waals surface area contributed by atoms with E-state index in [4.69, 9.17) is 10.1 Å². The molecule has 4 aromatic rings. The standard InChI is InChI=1S/C26H26BrN5O/c1-17-13-20(18(2)31(17)22-9-6-12-28-16-22)15-29-32-25(19-7-4-3-5-8-19)30-24-11-10-21(27)14-23(24)26(32)33/h6,9-16,19H,3-5,7-8H2,1-2H3. The topological polar surface area (TPSA) is 65.1 Å².